The van der Waals surface area contributed by atoms with Crippen LogP contribution < -0.4 is 5.32 Å². The van der Waals surface area contributed by atoms with Gasteiger partial charge in [-0.05, 0) is 29.9 Å². The lowest BCUT2D eigenvalue weighted by molar-refractivity contribution is -0.118. The molecule has 1 aromatic rings. The highest BCUT2D eigenvalue weighted by molar-refractivity contribution is 7.91. The summed E-state index contributed by atoms with van der Waals surface area (Å²) in [7, 11) is -3.65. The molecular weight excluding hydrogens is 290 g/mol. The molecule has 0 saturated heterocycles. The molecule has 2 rings (SSSR count). The number of amides is 1. The largest absolute Gasteiger partial charge is 0.477 e. The fourth-order valence-corrected chi connectivity index (χ4v) is 3.77. The van der Waals surface area contributed by atoms with Crippen molar-refractivity contribution in [3.63, 3.8) is 0 Å². The zero-order chi connectivity index (χ0) is 14.0. The molecule has 1 fully saturated rings. The summed E-state index contributed by atoms with van der Waals surface area (Å²) in [5.74, 6) is -2.69. The number of carboxylic acids is 1. The van der Waals surface area contributed by atoms with Crippen LogP contribution in [0.25, 0.3) is 0 Å². The second kappa shape index (κ2) is 5.30. The van der Waals surface area contributed by atoms with Crippen molar-refractivity contribution in [2.75, 3.05) is 5.75 Å². The van der Waals surface area contributed by atoms with Gasteiger partial charge in [0.05, 0.1) is 5.75 Å². The summed E-state index contributed by atoms with van der Waals surface area (Å²) in [5, 5.41) is 13.0. The predicted octanol–water partition coefficient (Wildman–Crippen LogP) is 0.640. The molecule has 1 amide bonds. The first-order chi connectivity index (χ1) is 8.87. The van der Waals surface area contributed by atoms with E-state index in [-0.39, 0.29) is 16.5 Å². The number of thiophene rings is 1. The zero-order valence-electron chi connectivity index (χ0n) is 9.96. The Kier molecular flexibility index (Phi) is 3.91. The van der Waals surface area contributed by atoms with Crippen LogP contribution in [0.15, 0.2) is 11.4 Å². The number of aromatic carboxylic acids is 1. The van der Waals surface area contributed by atoms with E-state index in [1.807, 2.05) is 0 Å². The Morgan fingerprint density at radius 3 is 2.68 bits per heavy atom. The summed E-state index contributed by atoms with van der Waals surface area (Å²) in [6, 6.07) is 1.57. The minimum atomic E-state index is -3.65. The molecule has 0 aromatic carbocycles. The standard InChI is InChI=1S/C11H13NO5S2/c13-9(12-8-1-2-8)6-19(16,17)5-7-3-4-18-10(7)11(14)15/h3-4,8H,1-2,5-6H2,(H,12,13)(H,14,15). The molecule has 0 aliphatic heterocycles. The van der Waals surface area contributed by atoms with Crippen LogP contribution in [0.3, 0.4) is 0 Å². The fourth-order valence-electron chi connectivity index (χ4n) is 1.62. The van der Waals surface area contributed by atoms with Gasteiger partial charge in [0, 0.05) is 6.04 Å². The second-order valence-corrected chi connectivity index (χ2v) is 7.43. The third kappa shape index (κ3) is 4.03. The van der Waals surface area contributed by atoms with E-state index in [9.17, 15) is 18.0 Å². The molecule has 2 N–H and O–H groups in total. The van der Waals surface area contributed by atoms with Crippen molar-refractivity contribution >= 4 is 33.1 Å². The number of hydrogen-bond donors (Lipinski definition) is 2. The molecule has 104 valence electrons. The van der Waals surface area contributed by atoms with Crippen molar-refractivity contribution in [2.45, 2.75) is 24.6 Å². The lowest BCUT2D eigenvalue weighted by atomic mass is 10.3. The van der Waals surface area contributed by atoms with E-state index in [0.717, 1.165) is 24.2 Å². The van der Waals surface area contributed by atoms with E-state index in [0.29, 0.717) is 0 Å². The number of rotatable bonds is 6. The Morgan fingerprint density at radius 1 is 1.42 bits per heavy atom. The van der Waals surface area contributed by atoms with E-state index in [2.05, 4.69) is 5.32 Å². The van der Waals surface area contributed by atoms with Crippen LogP contribution in [-0.4, -0.2) is 37.2 Å². The van der Waals surface area contributed by atoms with E-state index in [4.69, 9.17) is 5.11 Å². The van der Waals surface area contributed by atoms with Gasteiger partial charge in [-0.15, -0.1) is 11.3 Å². The SMILES string of the molecule is O=C(CS(=O)(=O)Cc1ccsc1C(=O)O)NC1CC1. The van der Waals surface area contributed by atoms with Gasteiger partial charge in [0.25, 0.3) is 0 Å². The molecule has 1 saturated carbocycles. The summed E-state index contributed by atoms with van der Waals surface area (Å²) in [4.78, 5) is 22.3. The molecule has 0 radical (unpaired) electrons. The van der Waals surface area contributed by atoms with Crippen molar-refractivity contribution in [3.05, 3.63) is 21.9 Å². The molecule has 1 aromatic heterocycles. The number of carbonyl (C=O) groups is 2. The highest BCUT2D eigenvalue weighted by atomic mass is 32.2. The Morgan fingerprint density at radius 2 is 2.11 bits per heavy atom. The molecule has 6 nitrogen and oxygen atoms in total. The normalized spacial score (nSPS) is 15.2. The zero-order valence-corrected chi connectivity index (χ0v) is 11.6. The minimum Gasteiger partial charge on any atom is -0.477 e. The van der Waals surface area contributed by atoms with Gasteiger partial charge in [-0.2, -0.15) is 0 Å². The topological polar surface area (TPSA) is 101 Å². The molecule has 1 heterocycles. The molecule has 8 heteroatoms. The first-order valence-corrected chi connectivity index (χ1v) is 8.37. The number of hydrogen-bond acceptors (Lipinski definition) is 5. The van der Waals surface area contributed by atoms with E-state index >= 15 is 0 Å². The first kappa shape index (κ1) is 14.0. The van der Waals surface area contributed by atoms with Gasteiger partial charge in [0.15, 0.2) is 9.84 Å². The summed E-state index contributed by atoms with van der Waals surface area (Å²) >= 11 is 0.973. The van der Waals surface area contributed by atoms with Crippen molar-refractivity contribution < 1.29 is 23.1 Å². The van der Waals surface area contributed by atoms with Crippen LogP contribution >= 0.6 is 11.3 Å². The van der Waals surface area contributed by atoms with Crippen molar-refractivity contribution in [1.29, 1.82) is 0 Å². The van der Waals surface area contributed by atoms with Crippen molar-refractivity contribution in [3.8, 4) is 0 Å². The molecule has 1 aliphatic rings. The van der Waals surface area contributed by atoms with Gasteiger partial charge >= 0.3 is 5.97 Å². The number of sulfone groups is 1. The molecule has 0 spiro atoms. The smallest absolute Gasteiger partial charge is 0.346 e. The second-order valence-electron chi connectivity index (χ2n) is 4.45. The van der Waals surface area contributed by atoms with Gasteiger partial charge in [-0.3, -0.25) is 4.79 Å². The van der Waals surface area contributed by atoms with Gasteiger partial charge in [0.1, 0.15) is 10.6 Å². The van der Waals surface area contributed by atoms with Crippen LogP contribution in [-0.2, 0) is 20.4 Å². The fraction of sp³-hybridized carbons (Fsp3) is 0.455. The summed E-state index contributed by atoms with van der Waals surface area (Å²) in [6.45, 7) is 0. The number of carbonyl (C=O) groups excluding carboxylic acids is 1. The van der Waals surface area contributed by atoms with Gasteiger partial charge in [-0.25, -0.2) is 13.2 Å². The summed E-state index contributed by atoms with van der Waals surface area (Å²) in [6.07, 6.45) is 1.78. The predicted molar refractivity (Wildman–Crippen MR) is 69.9 cm³/mol. The quantitative estimate of drug-likeness (QED) is 0.803. The first-order valence-electron chi connectivity index (χ1n) is 5.67. The Balaban J connectivity index is 2.01. The van der Waals surface area contributed by atoms with Crippen LogP contribution in [0.5, 0.6) is 0 Å². The molecule has 0 bridgehead atoms. The molecule has 1 aliphatic carbocycles. The van der Waals surface area contributed by atoms with E-state index in [1.54, 1.807) is 0 Å². The highest BCUT2D eigenvalue weighted by Crippen LogP contribution is 2.20. The van der Waals surface area contributed by atoms with Crippen molar-refractivity contribution in [1.82, 2.24) is 5.32 Å². The van der Waals surface area contributed by atoms with Gasteiger partial charge < -0.3 is 10.4 Å². The molecular formula is C11H13NO5S2. The minimum absolute atomic E-state index is 0.00572. The lowest BCUT2D eigenvalue weighted by Gasteiger charge is -2.05. The maximum atomic E-state index is 11.8. The molecule has 19 heavy (non-hydrogen) atoms. The van der Waals surface area contributed by atoms with Crippen LogP contribution in [0.4, 0.5) is 0 Å². The Labute approximate surface area is 114 Å². The third-order valence-electron chi connectivity index (χ3n) is 2.61. The van der Waals surface area contributed by atoms with Crippen LogP contribution in [0.1, 0.15) is 28.1 Å². The van der Waals surface area contributed by atoms with Gasteiger partial charge in [0.2, 0.25) is 5.91 Å². The maximum absolute atomic E-state index is 11.8. The average Bonchev–Trinajstić information content (AvgIpc) is 2.93. The lowest BCUT2D eigenvalue weighted by Crippen LogP contribution is -2.32. The number of nitrogens with one attached hydrogen (secondary N) is 1. The monoisotopic (exact) mass is 303 g/mol. The Bertz CT molecular complexity index is 600. The van der Waals surface area contributed by atoms with E-state index in [1.165, 1.54) is 11.4 Å². The van der Waals surface area contributed by atoms with Crippen LogP contribution in [0, 0.1) is 0 Å². The average molecular weight is 303 g/mol. The van der Waals surface area contributed by atoms with Crippen LogP contribution in [0.2, 0.25) is 0 Å². The summed E-state index contributed by atoms with van der Waals surface area (Å²) in [5.41, 5.74) is 0.233. The van der Waals surface area contributed by atoms with Crippen molar-refractivity contribution in [2.24, 2.45) is 0 Å². The van der Waals surface area contributed by atoms with E-state index < -0.39 is 33.2 Å². The van der Waals surface area contributed by atoms with Gasteiger partial charge in [-0.1, -0.05) is 0 Å². The summed E-state index contributed by atoms with van der Waals surface area (Å²) < 4.78 is 23.7. The maximum Gasteiger partial charge on any atom is 0.346 e. The highest BCUT2D eigenvalue weighted by Gasteiger charge is 2.27. The molecule has 0 unspecified atom stereocenters. The Hall–Kier alpha value is -1.41. The number of carboxylic acid groups (broad SMARTS) is 1. The third-order valence-corrected chi connectivity index (χ3v) is 5.01. The molecule has 0 atom stereocenters.